The summed E-state index contributed by atoms with van der Waals surface area (Å²) in [7, 11) is 4.89. The van der Waals surface area contributed by atoms with Crippen molar-refractivity contribution in [1.29, 1.82) is 0 Å². The number of urea groups is 1. The second-order valence-corrected chi connectivity index (χ2v) is 7.40. The van der Waals surface area contributed by atoms with Gasteiger partial charge in [0.1, 0.15) is 35.0 Å². The molecule has 0 aliphatic rings. The number of halogens is 2. The van der Waals surface area contributed by atoms with Gasteiger partial charge in [-0.2, -0.15) is 0 Å². The van der Waals surface area contributed by atoms with Gasteiger partial charge in [0.25, 0.3) is 0 Å². The molecule has 0 bridgehead atoms. The second-order valence-electron chi connectivity index (χ2n) is 7.40. The third-order valence-corrected chi connectivity index (χ3v) is 5.05. The van der Waals surface area contributed by atoms with Crippen molar-refractivity contribution in [3.05, 3.63) is 77.4 Å². The van der Waals surface area contributed by atoms with E-state index in [9.17, 15) is 13.6 Å². The van der Waals surface area contributed by atoms with E-state index < -0.39 is 29.7 Å². The highest BCUT2D eigenvalue weighted by atomic mass is 19.1. The van der Waals surface area contributed by atoms with Gasteiger partial charge in [-0.3, -0.25) is 0 Å². The van der Waals surface area contributed by atoms with Crippen LogP contribution in [0.5, 0.6) is 11.5 Å². The summed E-state index contributed by atoms with van der Waals surface area (Å²) >= 11 is 0. The zero-order chi connectivity index (χ0) is 23.3. The molecule has 3 aromatic rings. The Balaban J connectivity index is 1.81. The van der Waals surface area contributed by atoms with E-state index in [0.29, 0.717) is 22.9 Å². The maximum atomic E-state index is 13.9. The maximum Gasteiger partial charge on any atom is 0.315 e. The molecule has 2 atom stereocenters. The van der Waals surface area contributed by atoms with E-state index in [1.54, 1.807) is 42.1 Å². The van der Waals surface area contributed by atoms with Gasteiger partial charge in [0.05, 0.1) is 14.2 Å². The summed E-state index contributed by atoms with van der Waals surface area (Å²) in [6.45, 7) is 1.68. The van der Waals surface area contributed by atoms with Crippen LogP contribution >= 0.6 is 0 Å². The van der Waals surface area contributed by atoms with Crippen molar-refractivity contribution in [2.24, 2.45) is 7.05 Å². The molecule has 0 fully saturated rings. The predicted molar refractivity (Wildman–Crippen MR) is 116 cm³/mol. The number of hydrogen-bond acceptors (Lipinski definition) is 4. The van der Waals surface area contributed by atoms with Crippen LogP contribution in [0.15, 0.2) is 48.8 Å². The number of imidazole rings is 1. The first-order chi connectivity index (χ1) is 15.3. The smallest absolute Gasteiger partial charge is 0.315 e. The second kappa shape index (κ2) is 10.1. The average molecular weight is 444 g/mol. The van der Waals surface area contributed by atoms with Crippen LogP contribution in [0.1, 0.15) is 29.9 Å². The highest BCUT2D eigenvalue weighted by molar-refractivity contribution is 5.75. The number of aromatic nitrogens is 2. The van der Waals surface area contributed by atoms with Gasteiger partial charge in [0, 0.05) is 37.1 Å². The molecule has 2 unspecified atom stereocenters. The molecule has 0 saturated heterocycles. The zero-order valence-electron chi connectivity index (χ0n) is 18.4. The Kier molecular flexibility index (Phi) is 7.29. The summed E-state index contributed by atoms with van der Waals surface area (Å²) in [5, 5.41) is 5.63. The van der Waals surface area contributed by atoms with Crippen LogP contribution in [0.25, 0.3) is 0 Å². The van der Waals surface area contributed by atoms with Crippen molar-refractivity contribution in [2.45, 2.75) is 25.4 Å². The predicted octanol–water partition coefficient (Wildman–Crippen LogP) is 3.74. The van der Waals surface area contributed by atoms with Gasteiger partial charge in [-0.05, 0) is 43.2 Å². The maximum absolute atomic E-state index is 13.9. The number of methoxy groups -OCH3 is 2. The average Bonchev–Trinajstić information content (AvgIpc) is 3.19. The normalized spacial score (nSPS) is 12.7. The van der Waals surface area contributed by atoms with E-state index in [1.165, 1.54) is 32.4 Å². The lowest BCUT2D eigenvalue weighted by atomic mass is 10.0. The molecule has 9 heteroatoms. The Labute approximate surface area is 185 Å². The number of amides is 2. The topological polar surface area (TPSA) is 77.4 Å². The highest BCUT2D eigenvalue weighted by Gasteiger charge is 2.23. The number of rotatable bonds is 8. The minimum absolute atomic E-state index is 0.00593. The number of nitrogens with one attached hydrogen (secondary N) is 2. The zero-order valence-corrected chi connectivity index (χ0v) is 18.4. The van der Waals surface area contributed by atoms with Gasteiger partial charge >= 0.3 is 6.03 Å². The van der Waals surface area contributed by atoms with Crippen LogP contribution in [-0.4, -0.2) is 35.8 Å². The molecule has 0 aliphatic carbocycles. The van der Waals surface area contributed by atoms with Crippen molar-refractivity contribution in [3.63, 3.8) is 0 Å². The number of carbonyl (C=O) groups excluding carboxylic acids is 1. The molecule has 2 amide bonds. The van der Waals surface area contributed by atoms with Crippen LogP contribution in [0.3, 0.4) is 0 Å². The Morgan fingerprint density at radius 1 is 1.09 bits per heavy atom. The summed E-state index contributed by atoms with van der Waals surface area (Å²) in [6, 6.07) is 7.31. The molecule has 2 aromatic carbocycles. The minimum atomic E-state index is -0.645. The quantitative estimate of drug-likeness (QED) is 0.555. The summed E-state index contributed by atoms with van der Waals surface area (Å²) in [5.41, 5.74) is 0.622. The summed E-state index contributed by atoms with van der Waals surface area (Å²) in [5.74, 6) is 0.415. The van der Waals surface area contributed by atoms with E-state index >= 15 is 0 Å². The molecule has 0 saturated carbocycles. The largest absolute Gasteiger partial charge is 0.497 e. The fraction of sp³-hybridized carbons (Fsp3) is 0.304. The number of ether oxygens (including phenoxy) is 2. The molecule has 2 N–H and O–H groups in total. The van der Waals surface area contributed by atoms with Crippen molar-refractivity contribution >= 4 is 6.03 Å². The minimum Gasteiger partial charge on any atom is -0.497 e. The Bertz CT molecular complexity index is 1040. The Morgan fingerprint density at radius 3 is 2.25 bits per heavy atom. The fourth-order valence-corrected chi connectivity index (χ4v) is 3.43. The lowest BCUT2D eigenvalue weighted by molar-refractivity contribution is 0.234. The molecule has 3 rings (SSSR count). The summed E-state index contributed by atoms with van der Waals surface area (Å²) in [4.78, 5) is 17.2. The molecule has 1 aromatic heterocycles. The molecular formula is C23H26F2N4O3. The molecule has 0 aliphatic heterocycles. The van der Waals surface area contributed by atoms with Gasteiger partial charge in [0.15, 0.2) is 0 Å². The third-order valence-electron chi connectivity index (χ3n) is 5.05. The summed E-state index contributed by atoms with van der Waals surface area (Å²) < 4.78 is 40.4. The molecule has 170 valence electrons. The van der Waals surface area contributed by atoms with Crippen LogP contribution in [0.2, 0.25) is 0 Å². The van der Waals surface area contributed by atoms with Crippen molar-refractivity contribution in [1.82, 2.24) is 20.2 Å². The Morgan fingerprint density at radius 2 is 1.72 bits per heavy atom. The number of nitrogens with zero attached hydrogens (tertiary/aromatic N) is 2. The molecule has 7 nitrogen and oxygen atoms in total. The van der Waals surface area contributed by atoms with E-state index in [0.717, 1.165) is 0 Å². The van der Waals surface area contributed by atoms with Crippen LogP contribution in [0.4, 0.5) is 13.6 Å². The van der Waals surface area contributed by atoms with Crippen molar-refractivity contribution in [2.75, 3.05) is 14.2 Å². The Hall–Kier alpha value is -3.62. The van der Waals surface area contributed by atoms with Gasteiger partial charge in [-0.25, -0.2) is 18.6 Å². The third kappa shape index (κ3) is 5.35. The van der Waals surface area contributed by atoms with Crippen molar-refractivity contribution < 1.29 is 23.0 Å². The highest BCUT2D eigenvalue weighted by Crippen LogP contribution is 2.29. The van der Waals surface area contributed by atoms with Gasteiger partial charge in [-0.15, -0.1) is 0 Å². The van der Waals surface area contributed by atoms with E-state index in [-0.39, 0.29) is 12.0 Å². The lowest BCUT2D eigenvalue weighted by Gasteiger charge is -2.22. The van der Waals surface area contributed by atoms with Gasteiger partial charge in [-0.1, -0.05) is 6.07 Å². The molecule has 1 heterocycles. The van der Waals surface area contributed by atoms with Crippen LogP contribution in [-0.2, 0) is 13.5 Å². The first kappa shape index (κ1) is 23.1. The first-order valence-corrected chi connectivity index (χ1v) is 10.0. The molecular weight excluding hydrogens is 418 g/mol. The lowest BCUT2D eigenvalue weighted by Crippen LogP contribution is -2.44. The molecule has 0 radical (unpaired) electrons. The van der Waals surface area contributed by atoms with Gasteiger partial charge in [0.2, 0.25) is 0 Å². The standard InChI is InChI=1S/C23H26F2N4O3/c1-14(10-18-19(24)6-5-7-20(18)25)27-23(30)28-21(22-26-8-9-29(22)2)15-11-16(31-3)13-17(12-15)32-4/h5-9,11-14,21H,10H2,1-4H3,(H2,27,28,30). The first-order valence-electron chi connectivity index (χ1n) is 10.0. The van der Waals surface area contributed by atoms with E-state index in [1.807, 2.05) is 7.05 Å². The van der Waals surface area contributed by atoms with E-state index in [2.05, 4.69) is 15.6 Å². The van der Waals surface area contributed by atoms with Gasteiger partial charge < -0.3 is 24.7 Å². The molecule has 0 spiro atoms. The van der Waals surface area contributed by atoms with Crippen LogP contribution in [0, 0.1) is 11.6 Å². The van der Waals surface area contributed by atoms with Crippen molar-refractivity contribution in [3.8, 4) is 11.5 Å². The SMILES string of the molecule is COc1cc(OC)cc(C(NC(=O)NC(C)Cc2c(F)cccc2F)c2nccn2C)c1. The fourth-order valence-electron chi connectivity index (χ4n) is 3.43. The monoisotopic (exact) mass is 444 g/mol. The molecule has 32 heavy (non-hydrogen) atoms. The number of carbonyl (C=O) groups is 1. The van der Waals surface area contributed by atoms with Crippen LogP contribution < -0.4 is 20.1 Å². The number of aryl methyl sites for hydroxylation is 1. The number of hydrogen-bond donors (Lipinski definition) is 2. The summed E-state index contributed by atoms with van der Waals surface area (Å²) in [6.07, 6.45) is 3.40. The number of benzene rings is 2. The van der Waals surface area contributed by atoms with E-state index in [4.69, 9.17) is 9.47 Å².